The molecule has 2 N–H and O–H groups in total. The molecular formula is C10H8Cl3N3OS. The summed E-state index contributed by atoms with van der Waals surface area (Å²) in [6.45, 7) is 0.753. The molecule has 0 saturated heterocycles. The zero-order valence-electron chi connectivity index (χ0n) is 9.04. The highest BCUT2D eigenvalue weighted by Gasteiger charge is 2.37. The molecule has 1 aliphatic heterocycles. The fourth-order valence-corrected chi connectivity index (χ4v) is 3.34. The number of nitrogens with zero attached hydrogens (tertiary/aromatic N) is 2. The molecule has 1 amide bonds. The number of anilines is 1. The second-order valence-electron chi connectivity index (χ2n) is 3.83. The van der Waals surface area contributed by atoms with Crippen LogP contribution in [0.1, 0.15) is 16.0 Å². The van der Waals surface area contributed by atoms with Gasteiger partial charge in [-0.3, -0.25) is 4.79 Å². The van der Waals surface area contributed by atoms with Gasteiger partial charge in [-0.15, -0.1) is 11.3 Å². The smallest absolute Gasteiger partial charge is 0.275 e. The number of alkyl halides is 3. The van der Waals surface area contributed by atoms with E-state index in [1.54, 1.807) is 0 Å². The summed E-state index contributed by atoms with van der Waals surface area (Å²) in [6.07, 6.45) is 0.554. The Balaban J connectivity index is 2.27. The van der Waals surface area contributed by atoms with Crippen LogP contribution in [0.3, 0.4) is 0 Å². The lowest BCUT2D eigenvalue weighted by atomic mass is 10.0. The summed E-state index contributed by atoms with van der Waals surface area (Å²) in [4.78, 5) is 14.2. The van der Waals surface area contributed by atoms with E-state index in [0.29, 0.717) is 30.1 Å². The van der Waals surface area contributed by atoms with E-state index in [2.05, 4.69) is 6.07 Å². The molecule has 0 radical (unpaired) electrons. The van der Waals surface area contributed by atoms with Crippen LogP contribution in [0.5, 0.6) is 0 Å². The normalized spacial score (nSPS) is 15.1. The van der Waals surface area contributed by atoms with Crippen molar-refractivity contribution >= 4 is 57.0 Å². The molecule has 96 valence electrons. The highest BCUT2D eigenvalue weighted by atomic mass is 35.6. The standard InChI is InChI=1S/C10H8Cl3N3OS/c11-10(12,13)9(17)16-2-1-5-6(3-14)8(15)18-7(5)4-16/h1-2,4,15H2. The van der Waals surface area contributed by atoms with Crippen LogP contribution in [0.2, 0.25) is 0 Å². The summed E-state index contributed by atoms with van der Waals surface area (Å²) in [7, 11) is 0. The van der Waals surface area contributed by atoms with E-state index in [9.17, 15) is 4.79 Å². The van der Waals surface area contributed by atoms with Gasteiger partial charge in [-0.2, -0.15) is 5.26 Å². The molecule has 0 atom stereocenters. The van der Waals surface area contributed by atoms with Crippen LogP contribution < -0.4 is 5.73 Å². The summed E-state index contributed by atoms with van der Waals surface area (Å²) in [5.41, 5.74) is 7.17. The molecule has 1 aromatic rings. The molecule has 4 nitrogen and oxygen atoms in total. The Morgan fingerprint density at radius 3 is 2.72 bits per heavy atom. The maximum Gasteiger partial charge on any atom is 0.275 e. The number of nitrogens with two attached hydrogens (primary N) is 1. The topological polar surface area (TPSA) is 70.1 Å². The minimum absolute atomic E-state index is 0.332. The van der Waals surface area contributed by atoms with Crippen molar-refractivity contribution in [2.45, 2.75) is 16.8 Å². The third-order valence-electron chi connectivity index (χ3n) is 2.73. The van der Waals surface area contributed by atoms with Crippen LogP contribution >= 0.6 is 46.1 Å². The Hall–Kier alpha value is -0.670. The van der Waals surface area contributed by atoms with Gasteiger partial charge in [0.25, 0.3) is 9.70 Å². The van der Waals surface area contributed by atoms with Crippen molar-refractivity contribution in [2.75, 3.05) is 12.3 Å². The van der Waals surface area contributed by atoms with Crippen LogP contribution in [0.15, 0.2) is 0 Å². The number of carbonyl (C=O) groups is 1. The summed E-state index contributed by atoms with van der Waals surface area (Å²) in [6, 6.07) is 2.08. The van der Waals surface area contributed by atoms with Gasteiger partial charge in [-0.25, -0.2) is 0 Å². The number of hydrogen-bond acceptors (Lipinski definition) is 4. The van der Waals surface area contributed by atoms with Gasteiger partial charge in [0.05, 0.1) is 12.1 Å². The Bertz CT molecular complexity index is 544. The highest BCUT2D eigenvalue weighted by molar-refractivity contribution is 7.16. The molecular weight excluding hydrogens is 317 g/mol. The maximum atomic E-state index is 11.8. The quantitative estimate of drug-likeness (QED) is 0.745. The highest BCUT2D eigenvalue weighted by Crippen LogP contribution is 2.36. The first-order chi connectivity index (χ1) is 8.34. The number of hydrogen-bond donors (Lipinski definition) is 1. The lowest BCUT2D eigenvalue weighted by Gasteiger charge is -2.29. The van der Waals surface area contributed by atoms with E-state index in [1.807, 2.05) is 0 Å². The van der Waals surface area contributed by atoms with Gasteiger partial charge in [0.15, 0.2) is 0 Å². The van der Waals surface area contributed by atoms with Gasteiger partial charge in [0.2, 0.25) is 0 Å². The van der Waals surface area contributed by atoms with Crippen LogP contribution in [0.25, 0.3) is 0 Å². The van der Waals surface area contributed by atoms with Crippen molar-refractivity contribution in [2.24, 2.45) is 0 Å². The summed E-state index contributed by atoms with van der Waals surface area (Å²) in [5.74, 6) is -0.552. The average Bonchev–Trinajstić information content (AvgIpc) is 2.60. The zero-order valence-corrected chi connectivity index (χ0v) is 12.1. The largest absolute Gasteiger partial charge is 0.389 e. The Labute approximate surface area is 123 Å². The van der Waals surface area contributed by atoms with Gasteiger partial charge in [0.1, 0.15) is 11.1 Å². The molecule has 0 saturated carbocycles. The van der Waals surface area contributed by atoms with Crippen molar-refractivity contribution in [3.8, 4) is 6.07 Å². The molecule has 2 rings (SSSR count). The molecule has 8 heteroatoms. The van der Waals surface area contributed by atoms with Gasteiger partial charge < -0.3 is 10.6 Å². The number of amides is 1. The second-order valence-corrected chi connectivity index (χ2v) is 7.25. The fourth-order valence-electron chi connectivity index (χ4n) is 1.90. The SMILES string of the molecule is N#Cc1c(N)sc2c1CCN(C(=O)C(Cl)(Cl)Cl)C2. The first kappa shape index (κ1) is 13.8. The predicted octanol–water partition coefficient (Wildman–Crippen LogP) is 2.46. The van der Waals surface area contributed by atoms with E-state index in [1.165, 1.54) is 16.2 Å². The fraction of sp³-hybridized carbons (Fsp3) is 0.400. The Morgan fingerprint density at radius 2 is 2.17 bits per heavy atom. The number of halogens is 3. The molecule has 0 fully saturated rings. The number of nitrogen functional groups attached to an aromatic ring is 1. The van der Waals surface area contributed by atoms with Gasteiger partial charge in [-0.1, -0.05) is 34.8 Å². The number of carbonyl (C=O) groups excluding carboxylic acids is 1. The molecule has 0 spiro atoms. The molecule has 0 unspecified atom stereocenters. The lowest BCUT2D eigenvalue weighted by Crippen LogP contribution is -2.42. The predicted molar refractivity (Wildman–Crippen MR) is 72.9 cm³/mol. The van der Waals surface area contributed by atoms with E-state index >= 15 is 0 Å². The van der Waals surface area contributed by atoms with Crippen molar-refractivity contribution < 1.29 is 4.79 Å². The molecule has 18 heavy (non-hydrogen) atoms. The van der Waals surface area contributed by atoms with Gasteiger partial charge >= 0.3 is 0 Å². The summed E-state index contributed by atoms with van der Waals surface area (Å²) in [5, 5.41) is 9.48. The van der Waals surface area contributed by atoms with Crippen LogP contribution in [0, 0.1) is 11.3 Å². The Kier molecular flexibility index (Phi) is 3.65. The molecule has 1 aliphatic rings. The van der Waals surface area contributed by atoms with Crippen molar-refractivity contribution in [1.82, 2.24) is 4.90 Å². The monoisotopic (exact) mass is 323 g/mol. The van der Waals surface area contributed by atoms with Crippen molar-refractivity contribution in [1.29, 1.82) is 5.26 Å². The molecule has 0 aliphatic carbocycles. The number of rotatable bonds is 0. The van der Waals surface area contributed by atoms with Crippen LogP contribution in [-0.4, -0.2) is 21.1 Å². The minimum atomic E-state index is -1.95. The maximum absolute atomic E-state index is 11.8. The molecule has 1 aromatic heterocycles. The Morgan fingerprint density at radius 1 is 1.50 bits per heavy atom. The third-order valence-corrected chi connectivity index (χ3v) is 4.26. The van der Waals surface area contributed by atoms with E-state index in [0.717, 1.165) is 10.4 Å². The minimum Gasteiger partial charge on any atom is -0.389 e. The first-order valence-corrected chi connectivity index (χ1v) is 6.96. The lowest BCUT2D eigenvalue weighted by molar-refractivity contribution is -0.131. The number of thiophene rings is 1. The third kappa shape index (κ3) is 2.39. The number of fused-ring (bicyclic) bond motifs is 1. The van der Waals surface area contributed by atoms with E-state index < -0.39 is 9.70 Å². The van der Waals surface area contributed by atoms with E-state index in [-0.39, 0.29) is 0 Å². The van der Waals surface area contributed by atoms with Crippen LogP contribution in [-0.2, 0) is 17.8 Å². The van der Waals surface area contributed by atoms with Crippen LogP contribution in [0.4, 0.5) is 5.00 Å². The molecule has 0 bridgehead atoms. The summed E-state index contributed by atoms with van der Waals surface area (Å²) < 4.78 is -1.95. The van der Waals surface area contributed by atoms with Gasteiger partial charge in [-0.05, 0) is 12.0 Å². The zero-order chi connectivity index (χ0) is 13.5. The summed E-state index contributed by atoms with van der Waals surface area (Å²) >= 11 is 18.0. The second kappa shape index (κ2) is 4.78. The van der Waals surface area contributed by atoms with Crippen molar-refractivity contribution in [3.05, 3.63) is 16.0 Å². The van der Waals surface area contributed by atoms with Crippen molar-refractivity contribution in [3.63, 3.8) is 0 Å². The first-order valence-electron chi connectivity index (χ1n) is 5.00. The van der Waals surface area contributed by atoms with E-state index in [4.69, 9.17) is 45.8 Å². The average molecular weight is 325 g/mol. The molecule has 2 heterocycles. The van der Waals surface area contributed by atoms with Gasteiger partial charge in [0, 0.05) is 11.4 Å². The molecule has 0 aromatic carbocycles. The number of nitriles is 1.